The van der Waals surface area contributed by atoms with Gasteiger partial charge in [0.15, 0.2) is 0 Å². The van der Waals surface area contributed by atoms with E-state index < -0.39 is 0 Å². The van der Waals surface area contributed by atoms with Gasteiger partial charge in [0.05, 0.1) is 6.10 Å². The molecule has 0 saturated carbocycles. The number of rotatable bonds is 4. The minimum absolute atomic E-state index is 0.359. The zero-order valence-electron chi connectivity index (χ0n) is 11.4. The number of nitrogens with zero attached hydrogens (tertiary/aromatic N) is 2. The number of benzene rings is 1. The zero-order chi connectivity index (χ0) is 13.0. The van der Waals surface area contributed by atoms with Crippen LogP contribution in [0.4, 0.5) is 0 Å². The number of hydrogen-bond donors (Lipinski definition) is 1. The molecule has 0 spiro atoms. The lowest BCUT2D eigenvalue weighted by Crippen LogP contribution is -2.43. The Morgan fingerprint density at radius 3 is 2.39 bits per heavy atom. The molecule has 0 aliphatic carbocycles. The van der Waals surface area contributed by atoms with Gasteiger partial charge in [0.1, 0.15) is 0 Å². The van der Waals surface area contributed by atoms with Gasteiger partial charge >= 0.3 is 0 Å². The number of piperidine rings is 1. The van der Waals surface area contributed by atoms with E-state index in [9.17, 15) is 5.11 Å². The van der Waals surface area contributed by atoms with Crippen molar-refractivity contribution in [2.75, 3.05) is 33.7 Å². The molecule has 0 bridgehead atoms. The van der Waals surface area contributed by atoms with E-state index in [0.29, 0.717) is 6.04 Å². The van der Waals surface area contributed by atoms with Gasteiger partial charge in [0, 0.05) is 12.6 Å². The van der Waals surface area contributed by atoms with Crippen molar-refractivity contribution >= 4 is 0 Å². The van der Waals surface area contributed by atoms with Crippen molar-refractivity contribution in [3.63, 3.8) is 0 Å². The Morgan fingerprint density at radius 2 is 1.83 bits per heavy atom. The fraction of sp³-hybridized carbons (Fsp3) is 0.600. The van der Waals surface area contributed by atoms with Gasteiger partial charge < -0.3 is 14.9 Å². The number of aliphatic hydroxyl groups is 1. The summed E-state index contributed by atoms with van der Waals surface area (Å²) >= 11 is 0. The van der Waals surface area contributed by atoms with Crippen molar-refractivity contribution in [1.29, 1.82) is 0 Å². The Balaban J connectivity index is 1.81. The predicted octanol–water partition coefficient (Wildman–Crippen LogP) is 1.75. The molecule has 3 heteroatoms. The van der Waals surface area contributed by atoms with E-state index in [1.165, 1.54) is 12.8 Å². The Morgan fingerprint density at radius 1 is 1.22 bits per heavy atom. The largest absolute Gasteiger partial charge is 0.387 e. The first kappa shape index (κ1) is 13.5. The number of likely N-dealkylation sites (tertiary alicyclic amines) is 1. The summed E-state index contributed by atoms with van der Waals surface area (Å²) in [5, 5.41) is 10.2. The van der Waals surface area contributed by atoms with Gasteiger partial charge in [-0.15, -0.1) is 0 Å². The Hall–Kier alpha value is -0.900. The van der Waals surface area contributed by atoms with Crippen molar-refractivity contribution in [2.45, 2.75) is 25.0 Å². The van der Waals surface area contributed by atoms with Crippen LogP contribution in [0.3, 0.4) is 0 Å². The Kier molecular flexibility index (Phi) is 4.75. The summed E-state index contributed by atoms with van der Waals surface area (Å²) in [5.41, 5.74) is 1.02. The molecule has 18 heavy (non-hydrogen) atoms. The second-order valence-electron chi connectivity index (χ2n) is 5.42. The third kappa shape index (κ3) is 3.55. The maximum Gasteiger partial charge on any atom is 0.0916 e. The summed E-state index contributed by atoms with van der Waals surface area (Å²) in [6, 6.07) is 10.6. The van der Waals surface area contributed by atoms with E-state index >= 15 is 0 Å². The standard InChI is InChI=1S/C15H24N2O/c1-16(2)14-8-10-17(11-9-14)12-15(18)13-6-4-3-5-7-13/h3-7,14-15,18H,8-12H2,1-2H3. The van der Waals surface area contributed by atoms with Gasteiger partial charge in [-0.05, 0) is 45.6 Å². The maximum atomic E-state index is 10.2. The van der Waals surface area contributed by atoms with Crippen molar-refractivity contribution in [1.82, 2.24) is 9.80 Å². The Labute approximate surface area is 110 Å². The third-order valence-corrected chi connectivity index (χ3v) is 3.90. The fourth-order valence-electron chi connectivity index (χ4n) is 2.64. The SMILES string of the molecule is CN(C)C1CCN(CC(O)c2ccccc2)CC1. The Bertz CT molecular complexity index is 345. The van der Waals surface area contributed by atoms with E-state index in [1.54, 1.807) is 0 Å². The highest BCUT2D eigenvalue weighted by Gasteiger charge is 2.22. The molecule has 1 saturated heterocycles. The molecule has 2 rings (SSSR count). The molecular formula is C15H24N2O. The average Bonchev–Trinajstić information content (AvgIpc) is 2.40. The molecule has 1 aromatic rings. The van der Waals surface area contributed by atoms with Gasteiger partial charge in [-0.1, -0.05) is 30.3 Å². The van der Waals surface area contributed by atoms with E-state index in [0.717, 1.165) is 25.2 Å². The number of β-amino-alcohol motifs (C(OH)–C–C–N with tert-alkyl or cyclic N) is 1. The van der Waals surface area contributed by atoms with Crippen molar-refractivity contribution in [3.05, 3.63) is 35.9 Å². The number of hydrogen-bond acceptors (Lipinski definition) is 3. The van der Waals surface area contributed by atoms with Crippen LogP contribution in [0.5, 0.6) is 0 Å². The van der Waals surface area contributed by atoms with E-state index in [-0.39, 0.29) is 6.10 Å². The predicted molar refractivity (Wildman–Crippen MR) is 74.6 cm³/mol. The molecule has 1 fully saturated rings. The lowest BCUT2D eigenvalue weighted by Gasteiger charge is -2.36. The molecule has 1 N–H and O–H groups in total. The molecular weight excluding hydrogens is 224 g/mol. The van der Waals surface area contributed by atoms with Crippen LogP contribution in [0.2, 0.25) is 0 Å². The average molecular weight is 248 g/mol. The first-order valence-electron chi connectivity index (χ1n) is 6.78. The summed E-state index contributed by atoms with van der Waals surface area (Å²) in [5.74, 6) is 0. The maximum absolute atomic E-state index is 10.2. The number of aliphatic hydroxyl groups excluding tert-OH is 1. The summed E-state index contributed by atoms with van der Waals surface area (Å²) in [6.07, 6.45) is 2.05. The smallest absolute Gasteiger partial charge is 0.0916 e. The molecule has 0 radical (unpaired) electrons. The molecule has 1 atom stereocenters. The molecule has 0 aromatic heterocycles. The van der Waals surface area contributed by atoms with Crippen LogP contribution in [0.25, 0.3) is 0 Å². The summed E-state index contributed by atoms with van der Waals surface area (Å²) in [4.78, 5) is 4.68. The van der Waals surface area contributed by atoms with Crippen LogP contribution in [0.15, 0.2) is 30.3 Å². The highest BCUT2D eigenvalue weighted by atomic mass is 16.3. The van der Waals surface area contributed by atoms with Gasteiger partial charge in [-0.2, -0.15) is 0 Å². The van der Waals surface area contributed by atoms with Crippen molar-refractivity contribution < 1.29 is 5.11 Å². The normalized spacial score (nSPS) is 20.2. The summed E-state index contributed by atoms with van der Waals surface area (Å²) in [7, 11) is 4.30. The lowest BCUT2D eigenvalue weighted by atomic mass is 10.0. The highest BCUT2D eigenvalue weighted by molar-refractivity contribution is 5.17. The zero-order valence-corrected chi connectivity index (χ0v) is 11.4. The second kappa shape index (κ2) is 6.32. The minimum Gasteiger partial charge on any atom is -0.387 e. The summed E-state index contributed by atoms with van der Waals surface area (Å²) in [6.45, 7) is 2.93. The van der Waals surface area contributed by atoms with Crippen LogP contribution < -0.4 is 0 Å². The lowest BCUT2D eigenvalue weighted by molar-refractivity contribution is 0.0798. The molecule has 1 heterocycles. The highest BCUT2D eigenvalue weighted by Crippen LogP contribution is 2.18. The van der Waals surface area contributed by atoms with Crippen LogP contribution in [-0.2, 0) is 0 Å². The minimum atomic E-state index is -0.359. The molecule has 0 amide bonds. The first-order valence-corrected chi connectivity index (χ1v) is 6.78. The van der Waals surface area contributed by atoms with Gasteiger partial charge in [0.25, 0.3) is 0 Å². The second-order valence-corrected chi connectivity index (χ2v) is 5.42. The molecule has 100 valence electrons. The first-order chi connectivity index (χ1) is 8.66. The van der Waals surface area contributed by atoms with Crippen molar-refractivity contribution in [2.24, 2.45) is 0 Å². The molecule has 3 nitrogen and oxygen atoms in total. The van der Waals surface area contributed by atoms with E-state index in [4.69, 9.17) is 0 Å². The van der Waals surface area contributed by atoms with Crippen molar-refractivity contribution in [3.8, 4) is 0 Å². The van der Waals surface area contributed by atoms with Crippen LogP contribution in [0, 0.1) is 0 Å². The van der Waals surface area contributed by atoms with Crippen LogP contribution in [0.1, 0.15) is 24.5 Å². The third-order valence-electron chi connectivity index (χ3n) is 3.90. The van der Waals surface area contributed by atoms with Crippen LogP contribution >= 0.6 is 0 Å². The quantitative estimate of drug-likeness (QED) is 0.879. The molecule has 1 unspecified atom stereocenters. The topological polar surface area (TPSA) is 26.7 Å². The van der Waals surface area contributed by atoms with Crippen LogP contribution in [-0.4, -0.2) is 54.7 Å². The van der Waals surface area contributed by atoms with E-state index in [1.807, 2.05) is 30.3 Å². The van der Waals surface area contributed by atoms with Gasteiger partial charge in [0.2, 0.25) is 0 Å². The fourth-order valence-corrected chi connectivity index (χ4v) is 2.64. The summed E-state index contributed by atoms with van der Waals surface area (Å²) < 4.78 is 0. The monoisotopic (exact) mass is 248 g/mol. The van der Waals surface area contributed by atoms with Gasteiger partial charge in [-0.3, -0.25) is 0 Å². The molecule has 1 aromatic carbocycles. The molecule has 1 aliphatic heterocycles. The van der Waals surface area contributed by atoms with Gasteiger partial charge in [-0.25, -0.2) is 0 Å². The van der Waals surface area contributed by atoms with E-state index in [2.05, 4.69) is 23.9 Å². The molecule has 1 aliphatic rings.